The van der Waals surface area contributed by atoms with Crippen molar-refractivity contribution in [3.63, 3.8) is 0 Å². The molecule has 0 atom stereocenters. The van der Waals surface area contributed by atoms with Crippen LogP contribution in [0.5, 0.6) is 0 Å². The minimum Gasteiger partial charge on any atom is -0.308 e. The van der Waals surface area contributed by atoms with Gasteiger partial charge in [-0.1, -0.05) is 84.9 Å². The fraction of sp³-hybridized carbons (Fsp3) is 0. The lowest BCUT2D eigenvalue weighted by atomic mass is 10.0. The maximum atomic E-state index is 5.11. The average Bonchev–Trinajstić information content (AvgIpc) is 3.65. The summed E-state index contributed by atoms with van der Waals surface area (Å²) in [5.74, 6) is 0.691. The van der Waals surface area contributed by atoms with Crippen LogP contribution in [0.25, 0.3) is 87.5 Å². The zero-order valence-electron chi connectivity index (χ0n) is 21.3. The zero-order chi connectivity index (χ0) is 25.9. The smallest absolute Gasteiger partial charge is 0.235 e. The van der Waals surface area contributed by atoms with Gasteiger partial charge in [0.15, 0.2) is 0 Å². The SMILES string of the molecule is c1ccc2nc(-n3c4ccc5ccccc5c4c4cc5c6ccccc6n6c7ccccc7c(c43)c56)ncc2c1. The van der Waals surface area contributed by atoms with Crippen LogP contribution < -0.4 is 0 Å². The molecule has 4 aromatic heterocycles. The van der Waals surface area contributed by atoms with Gasteiger partial charge < -0.3 is 4.40 Å². The lowest BCUT2D eigenvalue weighted by Gasteiger charge is -2.08. The van der Waals surface area contributed by atoms with E-state index >= 15 is 0 Å². The van der Waals surface area contributed by atoms with E-state index in [4.69, 9.17) is 9.97 Å². The Bertz CT molecular complexity index is 2660. The van der Waals surface area contributed by atoms with Gasteiger partial charge in [0.05, 0.1) is 33.1 Å². The molecule has 0 aliphatic heterocycles. The summed E-state index contributed by atoms with van der Waals surface area (Å²) in [5, 5.41) is 11.0. The van der Waals surface area contributed by atoms with Crippen LogP contribution in [0.1, 0.15) is 0 Å². The lowest BCUT2D eigenvalue weighted by molar-refractivity contribution is 1.01. The van der Waals surface area contributed by atoms with Crippen molar-refractivity contribution in [1.29, 1.82) is 0 Å². The average molecular weight is 509 g/mol. The molecule has 0 aliphatic carbocycles. The van der Waals surface area contributed by atoms with Crippen molar-refractivity contribution < 1.29 is 0 Å². The van der Waals surface area contributed by atoms with Crippen LogP contribution in [-0.4, -0.2) is 18.9 Å². The highest BCUT2D eigenvalue weighted by Gasteiger charge is 2.25. The van der Waals surface area contributed by atoms with Crippen LogP contribution in [0.4, 0.5) is 0 Å². The van der Waals surface area contributed by atoms with E-state index in [1.54, 1.807) is 0 Å². The first kappa shape index (κ1) is 20.5. The van der Waals surface area contributed by atoms with Crippen molar-refractivity contribution in [2.75, 3.05) is 0 Å². The zero-order valence-corrected chi connectivity index (χ0v) is 21.3. The highest BCUT2D eigenvalue weighted by Crippen LogP contribution is 2.47. The van der Waals surface area contributed by atoms with Gasteiger partial charge in [-0.05, 0) is 41.1 Å². The molecule has 0 radical (unpaired) electrons. The first-order valence-electron chi connectivity index (χ1n) is 13.6. The Morgan fingerprint density at radius 2 is 1.18 bits per heavy atom. The van der Waals surface area contributed by atoms with Gasteiger partial charge in [0.1, 0.15) is 0 Å². The maximum absolute atomic E-state index is 5.11. The molecule has 4 heteroatoms. The van der Waals surface area contributed by atoms with E-state index in [2.05, 4.69) is 112 Å². The Balaban J connectivity index is 1.55. The number of aromatic nitrogens is 4. The second-order valence-electron chi connectivity index (χ2n) is 10.7. The highest BCUT2D eigenvalue weighted by atomic mass is 15.2. The third-order valence-corrected chi connectivity index (χ3v) is 8.66. The van der Waals surface area contributed by atoms with Gasteiger partial charge in [-0.15, -0.1) is 0 Å². The molecule has 0 N–H and O–H groups in total. The molecule has 0 fully saturated rings. The van der Waals surface area contributed by atoms with Crippen LogP contribution in [0.3, 0.4) is 0 Å². The molecule has 6 aromatic carbocycles. The third kappa shape index (κ3) is 2.38. The van der Waals surface area contributed by atoms with Crippen LogP contribution in [0, 0.1) is 0 Å². The molecular formula is C36H20N4. The molecule has 0 amide bonds. The molecule has 0 bridgehead atoms. The van der Waals surface area contributed by atoms with Crippen molar-refractivity contribution in [3.8, 4) is 5.95 Å². The molecule has 0 aliphatic rings. The van der Waals surface area contributed by atoms with E-state index in [-0.39, 0.29) is 0 Å². The van der Waals surface area contributed by atoms with E-state index in [9.17, 15) is 0 Å². The normalized spacial score (nSPS) is 12.5. The van der Waals surface area contributed by atoms with Crippen molar-refractivity contribution in [2.45, 2.75) is 0 Å². The van der Waals surface area contributed by atoms with Crippen LogP contribution in [0.2, 0.25) is 0 Å². The molecule has 4 nitrogen and oxygen atoms in total. The van der Waals surface area contributed by atoms with Crippen molar-refractivity contribution >= 4 is 81.6 Å². The second kappa shape index (κ2) is 7.13. The molecule has 0 spiro atoms. The predicted octanol–water partition coefficient (Wildman–Crippen LogP) is 9.03. The second-order valence-corrected chi connectivity index (χ2v) is 10.7. The van der Waals surface area contributed by atoms with E-state index in [1.165, 1.54) is 59.6 Å². The number of nitrogens with zero attached hydrogens (tertiary/aromatic N) is 4. The first-order valence-corrected chi connectivity index (χ1v) is 13.6. The fourth-order valence-corrected chi connectivity index (χ4v) is 7.05. The largest absolute Gasteiger partial charge is 0.308 e. The monoisotopic (exact) mass is 508 g/mol. The van der Waals surface area contributed by atoms with Crippen molar-refractivity contribution in [2.24, 2.45) is 0 Å². The lowest BCUT2D eigenvalue weighted by Crippen LogP contribution is -2.01. The van der Waals surface area contributed by atoms with Crippen molar-refractivity contribution in [1.82, 2.24) is 18.9 Å². The van der Waals surface area contributed by atoms with Crippen LogP contribution in [-0.2, 0) is 0 Å². The van der Waals surface area contributed by atoms with Gasteiger partial charge >= 0.3 is 0 Å². The maximum Gasteiger partial charge on any atom is 0.235 e. The molecule has 10 rings (SSSR count). The number of rotatable bonds is 1. The van der Waals surface area contributed by atoms with Gasteiger partial charge in [0.2, 0.25) is 5.95 Å². The summed E-state index contributed by atoms with van der Waals surface area (Å²) in [4.78, 5) is 10.1. The molecular weight excluding hydrogens is 488 g/mol. The Labute approximate surface area is 227 Å². The van der Waals surface area contributed by atoms with E-state index < -0.39 is 0 Å². The predicted molar refractivity (Wildman–Crippen MR) is 166 cm³/mol. The molecule has 0 saturated heterocycles. The van der Waals surface area contributed by atoms with E-state index in [0.717, 1.165) is 21.9 Å². The van der Waals surface area contributed by atoms with E-state index in [0.29, 0.717) is 5.95 Å². The Morgan fingerprint density at radius 1 is 0.475 bits per heavy atom. The Kier molecular flexibility index (Phi) is 3.65. The van der Waals surface area contributed by atoms with Crippen molar-refractivity contribution in [3.05, 3.63) is 121 Å². The third-order valence-electron chi connectivity index (χ3n) is 8.66. The molecule has 0 saturated carbocycles. The summed E-state index contributed by atoms with van der Waals surface area (Å²) in [6.07, 6.45) is 1.94. The summed E-state index contributed by atoms with van der Waals surface area (Å²) < 4.78 is 4.73. The van der Waals surface area contributed by atoms with Crippen LogP contribution in [0.15, 0.2) is 121 Å². The summed E-state index contributed by atoms with van der Waals surface area (Å²) in [6.45, 7) is 0. The summed E-state index contributed by atoms with van der Waals surface area (Å²) in [6, 6.07) is 41.3. The Hall–Kier alpha value is -5.48. The quantitative estimate of drug-likeness (QED) is 0.222. The van der Waals surface area contributed by atoms with Gasteiger partial charge in [-0.3, -0.25) is 4.57 Å². The summed E-state index contributed by atoms with van der Waals surface area (Å²) in [7, 11) is 0. The summed E-state index contributed by atoms with van der Waals surface area (Å²) >= 11 is 0. The molecule has 184 valence electrons. The number of benzene rings is 6. The standard InChI is InChI=1S/C36H20N4/c1-3-11-23-21(9-1)17-18-31-32(23)27-19-26-24-12-4-7-15-29(24)39-30-16-8-5-13-25(30)33(34(26)39)35(27)40(31)36-37-20-22-10-2-6-14-28(22)38-36/h1-20H. The fourth-order valence-electron chi connectivity index (χ4n) is 7.05. The highest BCUT2D eigenvalue weighted by molar-refractivity contribution is 6.36. The van der Waals surface area contributed by atoms with Gasteiger partial charge in [0.25, 0.3) is 0 Å². The number of hydrogen-bond acceptors (Lipinski definition) is 2. The van der Waals surface area contributed by atoms with Gasteiger partial charge in [-0.25, -0.2) is 9.97 Å². The van der Waals surface area contributed by atoms with Crippen LogP contribution >= 0.6 is 0 Å². The first-order chi connectivity index (χ1) is 19.9. The minimum absolute atomic E-state index is 0.691. The minimum atomic E-state index is 0.691. The van der Waals surface area contributed by atoms with Gasteiger partial charge in [0, 0.05) is 43.9 Å². The molecule has 0 unspecified atom stereocenters. The molecule has 40 heavy (non-hydrogen) atoms. The number of para-hydroxylation sites is 3. The van der Waals surface area contributed by atoms with E-state index in [1.807, 2.05) is 18.3 Å². The topological polar surface area (TPSA) is 35.1 Å². The number of fused-ring (bicyclic) bond motifs is 13. The summed E-state index contributed by atoms with van der Waals surface area (Å²) in [5.41, 5.74) is 6.92. The molecule has 4 heterocycles. The molecule has 10 aromatic rings. The number of hydrogen-bond donors (Lipinski definition) is 0. The van der Waals surface area contributed by atoms with Gasteiger partial charge in [-0.2, -0.15) is 0 Å². The Morgan fingerprint density at radius 3 is 2.05 bits per heavy atom.